The average molecular weight is 208 g/mol. The summed E-state index contributed by atoms with van der Waals surface area (Å²) < 4.78 is 0. The van der Waals surface area contributed by atoms with E-state index in [2.05, 4.69) is 24.8 Å². The first kappa shape index (κ1) is 12.5. The molecule has 0 aromatic heterocycles. The molecule has 0 spiro atoms. The van der Waals surface area contributed by atoms with Gasteiger partial charge in [-0.1, -0.05) is 33.1 Å². The molecule has 1 fully saturated rings. The van der Waals surface area contributed by atoms with Crippen LogP contribution in [0.15, 0.2) is 0 Å². The second-order valence-electron chi connectivity index (χ2n) is 4.57. The Bertz CT molecular complexity index is 207. The van der Waals surface area contributed by atoms with Gasteiger partial charge in [-0.2, -0.15) is 5.26 Å². The number of nitriles is 1. The Kier molecular flexibility index (Phi) is 5.71. The molecule has 0 radical (unpaired) electrons. The third-order valence-electron chi connectivity index (χ3n) is 3.53. The van der Waals surface area contributed by atoms with Crippen molar-refractivity contribution in [3.8, 4) is 6.07 Å². The van der Waals surface area contributed by atoms with Crippen molar-refractivity contribution in [2.75, 3.05) is 13.1 Å². The minimum Gasteiger partial charge on any atom is -0.299 e. The van der Waals surface area contributed by atoms with Crippen LogP contribution in [0.5, 0.6) is 0 Å². The zero-order valence-electron chi connectivity index (χ0n) is 10.2. The van der Waals surface area contributed by atoms with Crippen LogP contribution in [0.4, 0.5) is 0 Å². The highest BCUT2D eigenvalue weighted by atomic mass is 15.1. The number of rotatable bonds is 4. The predicted octanol–water partition coefficient (Wildman–Crippen LogP) is 3.19. The van der Waals surface area contributed by atoms with Gasteiger partial charge < -0.3 is 0 Å². The Morgan fingerprint density at radius 3 is 2.53 bits per heavy atom. The second-order valence-corrected chi connectivity index (χ2v) is 4.57. The van der Waals surface area contributed by atoms with Gasteiger partial charge in [-0.15, -0.1) is 0 Å². The smallest absolute Gasteiger partial charge is 0.0672 e. The first-order valence-electron chi connectivity index (χ1n) is 6.47. The lowest BCUT2D eigenvalue weighted by atomic mass is 9.94. The third-order valence-corrected chi connectivity index (χ3v) is 3.53. The summed E-state index contributed by atoms with van der Waals surface area (Å²) >= 11 is 0. The van der Waals surface area contributed by atoms with Gasteiger partial charge in [-0.25, -0.2) is 0 Å². The van der Waals surface area contributed by atoms with E-state index in [0.717, 1.165) is 19.5 Å². The summed E-state index contributed by atoms with van der Waals surface area (Å²) in [6.45, 7) is 6.69. The summed E-state index contributed by atoms with van der Waals surface area (Å²) in [4.78, 5) is 2.51. The van der Waals surface area contributed by atoms with Crippen LogP contribution < -0.4 is 0 Å². The van der Waals surface area contributed by atoms with Gasteiger partial charge in [0.05, 0.1) is 12.0 Å². The summed E-state index contributed by atoms with van der Waals surface area (Å²) in [6.07, 6.45) is 7.41. The van der Waals surface area contributed by atoms with Gasteiger partial charge in [0, 0.05) is 6.04 Å². The van der Waals surface area contributed by atoms with Crippen LogP contribution in [-0.2, 0) is 0 Å². The molecule has 1 aliphatic rings. The van der Waals surface area contributed by atoms with Crippen molar-refractivity contribution >= 4 is 0 Å². The van der Waals surface area contributed by atoms with Crippen molar-refractivity contribution in [3.05, 3.63) is 0 Å². The Morgan fingerprint density at radius 1 is 1.20 bits per heavy atom. The average Bonchev–Trinajstić information content (AvgIpc) is 2.50. The van der Waals surface area contributed by atoms with Crippen LogP contribution in [0, 0.1) is 17.2 Å². The summed E-state index contributed by atoms with van der Waals surface area (Å²) in [5, 5.41) is 9.22. The molecule has 2 heteroatoms. The zero-order valence-corrected chi connectivity index (χ0v) is 10.2. The Hall–Kier alpha value is -0.550. The van der Waals surface area contributed by atoms with E-state index in [9.17, 15) is 5.26 Å². The van der Waals surface area contributed by atoms with Gasteiger partial charge in [-0.3, -0.25) is 4.90 Å². The van der Waals surface area contributed by atoms with E-state index in [1.807, 2.05) is 0 Å². The molecule has 2 nitrogen and oxygen atoms in total. The fourth-order valence-corrected chi connectivity index (χ4v) is 2.72. The van der Waals surface area contributed by atoms with E-state index in [1.54, 1.807) is 0 Å². The molecule has 2 atom stereocenters. The predicted molar refractivity (Wildman–Crippen MR) is 63.5 cm³/mol. The Morgan fingerprint density at radius 2 is 1.93 bits per heavy atom. The van der Waals surface area contributed by atoms with Crippen LogP contribution in [-0.4, -0.2) is 24.0 Å². The van der Waals surface area contributed by atoms with Gasteiger partial charge in [0.15, 0.2) is 0 Å². The molecule has 1 rings (SSSR count). The molecule has 0 aromatic rings. The van der Waals surface area contributed by atoms with Crippen molar-refractivity contribution in [2.45, 2.75) is 58.4 Å². The maximum absolute atomic E-state index is 9.22. The first-order chi connectivity index (χ1) is 7.33. The van der Waals surface area contributed by atoms with Crippen molar-refractivity contribution in [2.24, 2.45) is 5.92 Å². The summed E-state index contributed by atoms with van der Waals surface area (Å²) in [5.74, 6) is 0.277. The lowest BCUT2D eigenvalue weighted by molar-refractivity contribution is 0.162. The quantitative estimate of drug-likeness (QED) is 0.663. The van der Waals surface area contributed by atoms with E-state index < -0.39 is 0 Å². The van der Waals surface area contributed by atoms with E-state index in [4.69, 9.17) is 0 Å². The molecule has 0 saturated heterocycles. The molecule has 0 aromatic carbocycles. The minimum absolute atomic E-state index is 0.277. The van der Waals surface area contributed by atoms with E-state index in [0.29, 0.717) is 6.04 Å². The molecule has 0 aliphatic heterocycles. The van der Waals surface area contributed by atoms with E-state index in [-0.39, 0.29) is 5.92 Å². The molecule has 0 N–H and O–H groups in total. The first-order valence-corrected chi connectivity index (χ1v) is 6.47. The van der Waals surface area contributed by atoms with Crippen LogP contribution in [0.1, 0.15) is 52.4 Å². The van der Waals surface area contributed by atoms with Crippen molar-refractivity contribution in [1.82, 2.24) is 4.90 Å². The highest BCUT2D eigenvalue weighted by molar-refractivity contribution is 4.94. The fraction of sp³-hybridized carbons (Fsp3) is 0.923. The maximum atomic E-state index is 9.22. The summed E-state index contributed by atoms with van der Waals surface area (Å²) in [7, 11) is 0. The molecule has 0 amide bonds. The molecular weight excluding hydrogens is 184 g/mol. The molecule has 1 aliphatic carbocycles. The van der Waals surface area contributed by atoms with Crippen LogP contribution in [0.2, 0.25) is 0 Å². The third kappa shape index (κ3) is 3.50. The fourth-order valence-electron chi connectivity index (χ4n) is 2.72. The van der Waals surface area contributed by atoms with Gasteiger partial charge in [-0.05, 0) is 32.4 Å². The molecule has 2 unspecified atom stereocenters. The lowest BCUT2D eigenvalue weighted by Gasteiger charge is -2.32. The highest BCUT2D eigenvalue weighted by Crippen LogP contribution is 2.27. The zero-order chi connectivity index (χ0) is 11.1. The maximum Gasteiger partial charge on any atom is 0.0672 e. The number of nitrogens with zero attached hydrogens (tertiary/aromatic N) is 2. The highest BCUT2D eigenvalue weighted by Gasteiger charge is 2.27. The largest absolute Gasteiger partial charge is 0.299 e. The van der Waals surface area contributed by atoms with Gasteiger partial charge >= 0.3 is 0 Å². The normalized spacial score (nSPS) is 27.3. The van der Waals surface area contributed by atoms with E-state index in [1.165, 1.54) is 32.1 Å². The Labute approximate surface area is 94.3 Å². The topological polar surface area (TPSA) is 27.0 Å². The van der Waals surface area contributed by atoms with Gasteiger partial charge in [0.2, 0.25) is 0 Å². The molecule has 0 heterocycles. The van der Waals surface area contributed by atoms with Gasteiger partial charge in [0.25, 0.3) is 0 Å². The number of hydrogen-bond acceptors (Lipinski definition) is 2. The van der Waals surface area contributed by atoms with Crippen LogP contribution in [0.25, 0.3) is 0 Å². The summed E-state index contributed by atoms with van der Waals surface area (Å²) in [5.41, 5.74) is 0. The molecular formula is C13H24N2. The second kappa shape index (κ2) is 6.85. The van der Waals surface area contributed by atoms with E-state index >= 15 is 0 Å². The summed E-state index contributed by atoms with van der Waals surface area (Å²) in [6, 6.07) is 3.06. The van der Waals surface area contributed by atoms with Gasteiger partial charge in [0.1, 0.15) is 0 Å². The Balaban J connectivity index is 2.63. The molecule has 0 bridgehead atoms. The molecule has 15 heavy (non-hydrogen) atoms. The molecule has 1 saturated carbocycles. The van der Waals surface area contributed by atoms with Crippen molar-refractivity contribution < 1.29 is 0 Å². The monoisotopic (exact) mass is 208 g/mol. The number of hydrogen-bond donors (Lipinski definition) is 0. The van der Waals surface area contributed by atoms with Crippen molar-refractivity contribution in [3.63, 3.8) is 0 Å². The molecule has 86 valence electrons. The lowest BCUT2D eigenvalue weighted by Crippen LogP contribution is -2.40. The standard InChI is InChI=1S/C13H24N2/c1-3-10-15(4-2)13-9-7-5-6-8-12(13)11-14/h12-13H,3-10H2,1-2H3. The van der Waals surface area contributed by atoms with Crippen LogP contribution >= 0.6 is 0 Å². The minimum atomic E-state index is 0.277. The van der Waals surface area contributed by atoms with Crippen molar-refractivity contribution in [1.29, 1.82) is 5.26 Å². The SMILES string of the molecule is CCCN(CC)C1CCCCCC1C#N. The van der Waals surface area contributed by atoms with Crippen LogP contribution in [0.3, 0.4) is 0 Å².